The molecule has 0 unspecified atom stereocenters. The van der Waals surface area contributed by atoms with Crippen LogP contribution in [0.5, 0.6) is 0 Å². The van der Waals surface area contributed by atoms with Gasteiger partial charge in [-0.25, -0.2) is 0 Å². The molecule has 6 heteroatoms. The van der Waals surface area contributed by atoms with Crippen LogP contribution in [0, 0.1) is 10.2 Å². The SMILES string of the molecule is [Bi].[O-][Cl+3]([O-])([O-])O. The predicted molar refractivity (Wildman–Crippen MR) is 7.97 cm³/mol. The number of rotatable bonds is 0. The molecule has 0 aliphatic rings. The molecule has 0 bridgehead atoms. The molecule has 0 aromatic carbocycles. The van der Waals surface area contributed by atoms with Crippen LogP contribution in [0.3, 0.4) is 0 Å². The molecule has 0 atom stereocenters. The molecule has 0 rings (SSSR count). The molecule has 0 amide bonds. The fraction of sp³-hybridized carbons (Fsp3) is 0. The van der Waals surface area contributed by atoms with E-state index in [1.807, 2.05) is 0 Å². The Balaban J connectivity index is 0. The van der Waals surface area contributed by atoms with Gasteiger partial charge in [0.25, 0.3) is 0 Å². The quantitative estimate of drug-likeness (QED) is 0.457. The Labute approximate surface area is 55.3 Å². The third-order valence-corrected chi connectivity index (χ3v) is 0. The molecule has 0 fully saturated rings. The Morgan fingerprint density at radius 2 is 1.17 bits per heavy atom. The summed E-state index contributed by atoms with van der Waals surface area (Å²) in [7, 11) is -4.69. The Kier molecular flexibility index (Phi) is 5.17. The van der Waals surface area contributed by atoms with Crippen LogP contribution >= 0.6 is 0 Å². The summed E-state index contributed by atoms with van der Waals surface area (Å²) in [4.78, 5) is 0. The van der Waals surface area contributed by atoms with Crippen LogP contribution < -0.4 is 14.0 Å². The largest absolute Gasteiger partial charge is 0.183 e. The van der Waals surface area contributed by atoms with Crippen LogP contribution in [-0.4, -0.2) is 30.9 Å². The van der Waals surface area contributed by atoms with Gasteiger partial charge < -0.3 is 0 Å². The van der Waals surface area contributed by atoms with Crippen molar-refractivity contribution in [3.63, 3.8) is 0 Å². The van der Waals surface area contributed by atoms with E-state index in [1.165, 1.54) is 0 Å². The van der Waals surface area contributed by atoms with E-state index in [1.54, 1.807) is 0 Å². The normalized spacial score (nSPS) is 10.0. The molecule has 3 radical (unpaired) electrons. The summed E-state index contributed by atoms with van der Waals surface area (Å²) < 4.78 is 32.7. The molecular weight excluding hydrogens is 308 g/mol. The van der Waals surface area contributed by atoms with Crippen LogP contribution in [0.15, 0.2) is 0 Å². The van der Waals surface area contributed by atoms with Crippen LogP contribution in [0.4, 0.5) is 0 Å². The first-order valence-corrected chi connectivity index (χ1v) is 1.90. The van der Waals surface area contributed by atoms with E-state index in [4.69, 9.17) is 18.6 Å². The molecule has 0 saturated heterocycles. The van der Waals surface area contributed by atoms with E-state index in [0.717, 1.165) is 0 Å². The first-order chi connectivity index (χ1) is 2.00. The molecule has 0 aromatic heterocycles. The van der Waals surface area contributed by atoms with Crippen molar-refractivity contribution < 1.29 is 28.9 Å². The molecule has 37 valence electrons. The van der Waals surface area contributed by atoms with E-state index in [2.05, 4.69) is 0 Å². The zero-order chi connectivity index (χ0) is 4.50. The molecule has 6 heavy (non-hydrogen) atoms. The second-order valence-electron chi connectivity index (χ2n) is 0.396. The summed E-state index contributed by atoms with van der Waals surface area (Å²) in [6, 6.07) is 0. The van der Waals surface area contributed by atoms with Gasteiger partial charge in [-0.15, -0.1) is 0 Å². The Bertz CT molecular complexity index is 23.0. The van der Waals surface area contributed by atoms with Gasteiger partial charge in [-0.2, -0.15) is 14.0 Å². The smallest absolute Gasteiger partial charge is 0.0777 e. The van der Waals surface area contributed by atoms with Crippen LogP contribution in [-0.2, 0) is 0 Å². The van der Waals surface area contributed by atoms with Gasteiger partial charge in [0.05, 0.1) is 14.9 Å². The topological polar surface area (TPSA) is 89.4 Å². The molecule has 0 aliphatic heterocycles. The van der Waals surface area contributed by atoms with Crippen LogP contribution in [0.1, 0.15) is 0 Å². The van der Waals surface area contributed by atoms with E-state index in [-0.39, 0.29) is 26.2 Å². The summed E-state index contributed by atoms with van der Waals surface area (Å²) in [5.41, 5.74) is 0. The van der Waals surface area contributed by atoms with Crippen molar-refractivity contribution in [3.8, 4) is 0 Å². The van der Waals surface area contributed by atoms with E-state index in [9.17, 15) is 0 Å². The van der Waals surface area contributed by atoms with Gasteiger partial charge in [-0.1, -0.05) is 0 Å². The van der Waals surface area contributed by atoms with Crippen molar-refractivity contribution in [2.24, 2.45) is 0 Å². The minimum Gasteiger partial charge on any atom is -0.183 e. The monoisotopic (exact) mass is 309 g/mol. The molecule has 1 N–H and O–H groups in total. The van der Waals surface area contributed by atoms with E-state index in [0.29, 0.717) is 0 Å². The number of halogens is 1. The van der Waals surface area contributed by atoms with Gasteiger partial charge in [0.1, 0.15) is 0 Å². The maximum absolute atomic E-state index is 8.60. The Hall–Kier alpha value is 1.01. The average Bonchev–Trinajstić information content (AvgIpc) is 0.722. The van der Waals surface area contributed by atoms with Gasteiger partial charge in [0, 0.05) is 26.2 Å². The van der Waals surface area contributed by atoms with Crippen molar-refractivity contribution in [2.75, 3.05) is 0 Å². The second kappa shape index (κ2) is 3.07. The summed E-state index contributed by atoms with van der Waals surface area (Å²) in [5.74, 6) is 0. The zero-order valence-electron chi connectivity index (χ0n) is 2.50. The second-order valence-corrected chi connectivity index (χ2v) is 1.19. The van der Waals surface area contributed by atoms with Crippen molar-refractivity contribution in [2.45, 2.75) is 0 Å². The molecule has 0 saturated carbocycles. The molecule has 0 spiro atoms. The molecule has 0 aliphatic carbocycles. The third kappa shape index (κ3) is 78.7. The Morgan fingerprint density at radius 1 is 1.17 bits per heavy atom. The fourth-order valence-corrected chi connectivity index (χ4v) is 0. The summed E-state index contributed by atoms with van der Waals surface area (Å²) in [5, 5.41) is 0. The van der Waals surface area contributed by atoms with Crippen LogP contribution in [0.25, 0.3) is 0 Å². The van der Waals surface area contributed by atoms with E-state index < -0.39 is 10.2 Å². The summed E-state index contributed by atoms with van der Waals surface area (Å²) >= 11 is 0. The van der Waals surface area contributed by atoms with E-state index >= 15 is 0 Å². The van der Waals surface area contributed by atoms with Gasteiger partial charge in [0.15, 0.2) is 0 Å². The zero-order valence-corrected chi connectivity index (χ0v) is 6.73. The van der Waals surface area contributed by atoms with Gasteiger partial charge in [-0.3, -0.25) is 0 Å². The maximum Gasteiger partial charge on any atom is 0.0777 e. The van der Waals surface area contributed by atoms with Crippen molar-refractivity contribution in [1.82, 2.24) is 0 Å². The molecule has 0 aromatic rings. The molecular formula is HBiClO4. The number of hydrogen-bond donors (Lipinski definition) is 1. The van der Waals surface area contributed by atoms with Gasteiger partial charge >= 0.3 is 0 Å². The van der Waals surface area contributed by atoms with Crippen molar-refractivity contribution in [3.05, 3.63) is 0 Å². The predicted octanol–water partition coefficient (Wildman–Crippen LogP) is -4.50. The minimum atomic E-state index is -4.69. The Morgan fingerprint density at radius 3 is 1.17 bits per heavy atom. The summed E-state index contributed by atoms with van der Waals surface area (Å²) in [6.45, 7) is 0. The average molecular weight is 309 g/mol. The summed E-state index contributed by atoms with van der Waals surface area (Å²) in [6.07, 6.45) is 0. The minimum absolute atomic E-state index is 0. The van der Waals surface area contributed by atoms with Gasteiger partial charge in [-0.05, 0) is 0 Å². The fourth-order valence-electron chi connectivity index (χ4n) is 0. The van der Waals surface area contributed by atoms with Crippen molar-refractivity contribution in [1.29, 1.82) is 0 Å². The molecule has 4 nitrogen and oxygen atoms in total. The first kappa shape index (κ1) is 10.1. The first-order valence-electron chi connectivity index (χ1n) is 0.632. The van der Waals surface area contributed by atoms with Crippen LogP contribution in [0.2, 0.25) is 0 Å². The third-order valence-electron chi connectivity index (χ3n) is 0. The number of hydrogen-bond acceptors (Lipinski definition) is 4. The molecule has 0 heterocycles. The van der Waals surface area contributed by atoms with Gasteiger partial charge in [0.2, 0.25) is 0 Å². The maximum atomic E-state index is 8.60. The standard InChI is InChI=1S/Bi.ClHO4/c;2-1(3,4)5/h;(H,2,3,4,5). The van der Waals surface area contributed by atoms with Crippen molar-refractivity contribution >= 4 is 26.2 Å².